The third-order valence-electron chi connectivity index (χ3n) is 5.44. The summed E-state index contributed by atoms with van der Waals surface area (Å²) in [5.41, 5.74) is 7.29. The number of nitrogens with two attached hydrogens (primary N) is 1. The van der Waals surface area contributed by atoms with E-state index in [1.54, 1.807) is 0 Å². The first-order chi connectivity index (χ1) is 11.6. The fourth-order valence-corrected chi connectivity index (χ4v) is 3.86. The van der Waals surface area contributed by atoms with Crippen molar-refractivity contribution in [2.45, 2.75) is 44.7 Å². The van der Waals surface area contributed by atoms with Gasteiger partial charge in [0.25, 0.3) is 0 Å². The standard InChI is InChI=1S/C19H27N3O2/c1-14(18(20)15-6-3-2-4-7-15)19(24)21-12-9-16(10-13-21)22-11-5-8-17(22)23/h2-4,6-7,14,16,18H,5,8-13,20H2,1H3/t14-,18-/m0/s1. The van der Waals surface area contributed by atoms with Gasteiger partial charge in [-0.3, -0.25) is 9.59 Å². The molecule has 0 spiro atoms. The number of carbonyl (C=O) groups excluding carboxylic acids is 2. The molecule has 0 aromatic heterocycles. The van der Waals surface area contributed by atoms with E-state index in [1.165, 1.54) is 0 Å². The van der Waals surface area contributed by atoms with E-state index in [-0.39, 0.29) is 23.8 Å². The van der Waals surface area contributed by atoms with Gasteiger partial charge in [0.1, 0.15) is 0 Å². The molecule has 0 aliphatic carbocycles. The first-order valence-corrected chi connectivity index (χ1v) is 8.96. The molecule has 2 aliphatic heterocycles. The molecule has 2 atom stereocenters. The van der Waals surface area contributed by atoms with Crippen LogP contribution in [-0.2, 0) is 9.59 Å². The highest BCUT2D eigenvalue weighted by Crippen LogP contribution is 2.25. The molecule has 1 aromatic rings. The van der Waals surface area contributed by atoms with E-state index in [9.17, 15) is 9.59 Å². The first-order valence-electron chi connectivity index (χ1n) is 8.96. The minimum atomic E-state index is -0.281. The summed E-state index contributed by atoms with van der Waals surface area (Å²) in [5.74, 6) is 0.161. The third kappa shape index (κ3) is 3.46. The van der Waals surface area contributed by atoms with Crippen LogP contribution in [0.5, 0.6) is 0 Å². The van der Waals surface area contributed by atoms with E-state index < -0.39 is 0 Å². The van der Waals surface area contributed by atoms with Crippen LogP contribution in [0.2, 0.25) is 0 Å². The van der Waals surface area contributed by atoms with E-state index >= 15 is 0 Å². The van der Waals surface area contributed by atoms with Crippen molar-refractivity contribution in [2.75, 3.05) is 19.6 Å². The minimum Gasteiger partial charge on any atom is -0.342 e. The van der Waals surface area contributed by atoms with Gasteiger partial charge in [0.2, 0.25) is 11.8 Å². The van der Waals surface area contributed by atoms with Crippen molar-refractivity contribution < 1.29 is 9.59 Å². The van der Waals surface area contributed by atoms with Crippen LogP contribution in [0.3, 0.4) is 0 Å². The number of hydrogen-bond acceptors (Lipinski definition) is 3. The van der Waals surface area contributed by atoms with Crippen molar-refractivity contribution in [1.29, 1.82) is 0 Å². The Morgan fingerprint density at radius 2 is 1.83 bits per heavy atom. The topological polar surface area (TPSA) is 66.6 Å². The molecule has 2 heterocycles. The summed E-state index contributed by atoms with van der Waals surface area (Å²) in [6, 6.07) is 9.82. The second-order valence-electron chi connectivity index (χ2n) is 6.97. The predicted octanol–water partition coefficient (Wildman–Crippen LogP) is 1.94. The van der Waals surface area contributed by atoms with Crippen molar-refractivity contribution >= 4 is 11.8 Å². The fourth-order valence-electron chi connectivity index (χ4n) is 3.86. The quantitative estimate of drug-likeness (QED) is 0.918. The van der Waals surface area contributed by atoms with Crippen LogP contribution in [0, 0.1) is 5.92 Å². The Bertz CT molecular complexity index is 582. The smallest absolute Gasteiger partial charge is 0.227 e. The molecule has 24 heavy (non-hydrogen) atoms. The Morgan fingerprint density at radius 3 is 2.42 bits per heavy atom. The van der Waals surface area contributed by atoms with Crippen LogP contribution in [0.15, 0.2) is 30.3 Å². The van der Waals surface area contributed by atoms with E-state index in [0.29, 0.717) is 12.5 Å². The van der Waals surface area contributed by atoms with E-state index in [4.69, 9.17) is 5.73 Å². The highest BCUT2D eigenvalue weighted by molar-refractivity contribution is 5.80. The lowest BCUT2D eigenvalue weighted by Crippen LogP contribution is -2.49. The van der Waals surface area contributed by atoms with E-state index in [0.717, 1.165) is 44.5 Å². The number of hydrogen-bond donors (Lipinski definition) is 1. The lowest BCUT2D eigenvalue weighted by molar-refractivity contribution is -0.138. The molecule has 2 N–H and O–H groups in total. The zero-order valence-corrected chi connectivity index (χ0v) is 14.4. The molecule has 130 valence electrons. The second kappa shape index (κ2) is 7.34. The van der Waals surface area contributed by atoms with Crippen LogP contribution in [0.25, 0.3) is 0 Å². The molecular formula is C19H27N3O2. The van der Waals surface area contributed by atoms with Crippen LogP contribution in [0.1, 0.15) is 44.2 Å². The largest absolute Gasteiger partial charge is 0.342 e. The van der Waals surface area contributed by atoms with Gasteiger partial charge in [0.15, 0.2) is 0 Å². The Kier molecular flexibility index (Phi) is 5.19. The van der Waals surface area contributed by atoms with Gasteiger partial charge in [-0.1, -0.05) is 37.3 Å². The van der Waals surface area contributed by atoms with Gasteiger partial charge >= 0.3 is 0 Å². The molecule has 0 unspecified atom stereocenters. The fraction of sp³-hybridized carbons (Fsp3) is 0.579. The van der Waals surface area contributed by atoms with Crippen molar-refractivity contribution in [3.8, 4) is 0 Å². The monoisotopic (exact) mass is 329 g/mol. The van der Waals surface area contributed by atoms with Gasteiger partial charge in [0, 0.05) is 38.1 Å². The highest BCUT2D eigenvalue weighted by atomic mass is 16.2. The molecule has 5 heteroatoms. The van der Waals surface area contributed by atoms with Crippen LogP contribution in [0.4, 0.5) is 0 Å². The van der Waals surface area contributed by atoms with Crippen molar-refractivity contribution in [3.05, 3.63) is 35.9 Å². The molecule has 3 rings (SSSR count). The van der Waals surface area contributed by atoms with Crippen LogP contribution in [-0.4, -0.2) is 47.3 Å². The van der Waals surface area contributed by atoms with Crippen molar-refractivity contribution in [1.82, 2.24) is 9.80 Å². The summed E-state index contributed by atoms with van der Waals surface area (Å²) in [6.07, 6.45) is 3.42. The highest BCUT2D eigenvalue weighted by Gasteiger charge is 2.34. The summed E-state index contributed by atoms with van der Waals surface area (Å²) < 4.78 is 0. The lowest BCUT2D eigenvalue weighted by atomic mass is 9.93. The Balaban J connectivity index is 1.55. The maximum Gasteiger partial charge on any atom is 0.227 e. The predicted molar refractivity (Wildman–Crippen MR) is 93.1 cm³/mol. The van der Waals surface area contributed by atoms with Gasteiger partial charge in [-0.2, -0.15) is 0 Å². The second-order valence-corrected chi connectivity index (χ2v) is 6.97. The number of nitrogens with zero attached hydrogens (tertiary/aromatic N) is 2. The average Bonchev–Trinajstić information content (AvgIpc) is 3.06. The van der Waals surface area contributed by atoms with Crippen LogP contribution >= 0.6 is 0 Å². The maximum atomic E-state index is 12.8. The molecule has 2 amide bonds. The van der Waals surface area contributed by atoms with Crippen molar-refractivity contribution in [2.24, 2.45) is 11.7 Å². The summed E-state index contributed by atoms with van der Waals surface area (Å²) in [5, 5.41) is 0. The number of carbonyl (C=O) groups is 2. The summed E-state index contributed by atoms with van der Waals surface area (Å²) in [7, 11) is 0. The Labute approximate surface area is 143 Å². The van der Waals surface area contributed by atoms with Crippen molar-refractivity contribution in [3.63, 3.8) is 0 Å². The summed E-state index contributed by atoms with van der Waals surface area (Å²) >= 11 is 0. The summed E-state index contributed by atoms with van der Waals surface area (Å²) in [4.78, 5) is 28.6. The zero-order chi connectivity index (χ0) is 17.1. The molecule has 2 saturated heterocycles. The number of rotatable bonds is 4. The summed E-state index contributed by atoms with van der Waals surface area (Å²) in [6.45, 7) is 4.24. The number of piperidine rings is 1. The van der Waals surface area contributed by atoms with Gasteiger partial charge < -0.3 is 15.5 Å². The number of likely N-dealkylation sites (tertiary alicyclic amines) is 2. The average molecular weight is 329 g/mol. The van der Waals surface area contributed by atoms with E-state index in [2.05, 4.69) is 0 Å². The number of amides is 2. The normalized spacial score (nSPS) is 21.8. The zero-order valence-electron chi connectivity index (χ0n) is 14.4. The van der Waals surface area contributed by atoms with Gasteiger partial charge in [-0.15, -0.1) is 0 Å². The SMILES string of the molecule is C[C@H](C(=O)N1CCC(N2CCCC2=O)CC1)[C@H](N)c1ccccc1. The Morgan fingerprint density at radius 1 is 1.17 bits per heavy atom. The molecular weight excluding hydrogens is 302 g/mol. The first kappa shape index (κ1) is 17.0. The molecule has 1 aromatic carbocycles. The minimum absolute atomic E-state index is 0.123. The third-order valence-corrected chi connectivity index (χ3v) is 5.44. The van der Waals surface area contributed by atoms with Gasteiger partial charge in [0.05, 0.1) is 5.92 Å². The number of benzene rings is 1. The molecule has 2 aliphatic rings. The molecule has 0 saturated carbocycles. The lowest BCUT2D eigenvalue weighted by Gasteiger charge is -2.38. The molecule has 2 fully saturated rings. The molecule has 0 radical (unpaired) electrons. The van der Waals surface area contributed by atoms with Gasteiger partial charge in [-0.05, 0) is 24.8 Å². The molecule has 0 bridgehead atoms. The van der Waals surface area contributed by atoms with Crippen LogP contribution < -0.4 is 5.73 Å². The Hall–Kier alpha value is -1.88. The van der Waals surface area contributed by atoms with E-state index in [1.807, 2.05) is 47.1 Å². The maximum absolute atomic E-state index is 12.8. The molecule has 5 nitrogen and oxygen atoms in total. The van der Waals surface area contributed by atoms with Gasteiger partial charge in [-0.25, -0.2) is 0 Å².